The van der Waals surface area contributed by atoms with Gasteiger partial charge in [-0.3, -0.25) is 4.98 Å². The number of amides is 3. The number of likely N-dealkylation sites (N-methyl/N-ethyl adjacent to an activating group) is 1. The minimum atomic E-state index is -4.55. The number of nitrogens with one attached hydrogen (secondary N) is 1. The third-order valence-corrected chi connectivity index (χ3v) is 5.40. The molecule has 3 rings (SSSR count). The number of hydrazone groups is 1. The Morgan fingerprint density at radius 3 is 2.47 bits per heavy atom. The maximum atomic E-state index is 12.9. The molecule has 9 nitrogen and oxygen atoms in total. The van der Waals surface area contributed by atoms with Crippen LogP contribution < -0.4 is 5.32 Å². The van der Waals surface area contributed by atoms with Crippen LogP contribution in [0.2, 0.25) is 0 Å². The van der Waals surface area contributed by atoms with Crippen LogP contribution in [0.5, 0.6) is 0 Å². The van der Waals surface area contributed by atoms with E-state index >= 15 is 0 Å². The molecule has 1 aromatic heterocycles. The normalized spacial score (nSPS) is 16.6. The lowest BCUT2D eigenvalue weighted by Gasteiger charge is -2.25. The smallest absolute Gasteiger partial charge is 0.433 e. The van der Waals surface area contributed by atoms with Crippen molar-refractivity contribution >= 4 is 17.8 Å². The highest BCUT2D eigenvalue weighted by atomic mass is 19.4. The number of aliphatic hydroxyl groups is 1. The van der Waals surface area contributed by atoms with Crippen molar-refractivity contribution in [3.8, 4) is 0 Å². The maximum absolute atomic E-state index is 12.9. The van der Waals surface area contributed by atoms with Crippen LogP contribution in [0.1, 0.15) is 35.3 Å². The Balaban J connectivity index is 1.79. The van der Waals surface area contributed by atoms with Crippen molar-refractivity contribution in [3.05, 3.63) is 65.0 Å². The van der Waals surface area contributed by atoms with Gasteiger partial charge >= 0.3 is 18.3 Å². The summed E-state index contributed by atoms with van der Waals surface area (Å²) in [5.74, 6) is 0. The summed E-state index contributed by atoms with van der Waals surface area (Å²) in [5.41, 5.74) is 1.13. The molecule has 34 heavy (non-hydrogen) atoms. The Bertz CT molecular complexity index is 1060. The average molecular weight is 479 g/mol. The highest BCUT2D eigenvalue weighted by Crippen LogP contribution is 2.28. The molecule has 0 aliphatic carbocycles. The van der Waals surface area contributed by atoms with Gasteiger partial charge in [-0.05, 0) is 29.7 Å². The number of carbonyl (C=O) groups excluding carboxylic acids is 2. The monoisotopic (exact) mass is 479 g/mol. The SMILES string of the molecule is COC(=O)N(C)[C@@H]1CN(C(=O)N[C@H](C)c2ccc(C(F)(F)F)nc2)N=C1c1ccc(CO)cc1. The van der Waals surface area contributed by atoms with E-state index in [0.29, 0.717) is 22.4 Å². The van der Waals surface area contributed by atoms with E-state index in [4.69, 9.17) is 4.74 Å². The fourth-order valence-electron chi connectivity index (χ4n) is 3.40. The Kier molecular flexibility index (Phi) is 7.40. The minimum absolute atomic E-state index is 0.0342. The fourth-order valence-corrected chi connectivity index (χ4v) is 3.40. The maximum Gasteiger partial charge on any atom is 0.433 e. The number of hydrogen-bond acceptors (Lipinski definition) is 6. The number of aliphatic hydroxyl groups excluding tert-OH is 1. The van der Waals surface area contributed by atoms with Crippen LogP contribution in [0, 0.1) is 0 Å². The van der Waals surface area contributed by atoms with E-state index < -0.39 is 36.1 Å². The molecule has 3 amide bonds. The first-order valence-electron chi connectivity index (χ1n) is 10.3. The fraction of sp³-hybridized carbons (Fsp3) is 0.364. The number of alkyl halides is 3. The summed E-state index contributed by atoms with van der Waals surface area (Å²) in [5, 5.41) is 17.5. The van der Waals surface area contributed by atoms with Crippen molar-refractivity contribution in [3.63, 3.8) is 0 Å². The highest BCUT2D eigenvalue weighted by Gasteiger charge is 2.37. The number of rotatable bonds is 5. The summed E-state index contributed by atoms with van der Waals surface area (Å²) >= 11 is 0. The number of halogens is 3. The van der Waals surface area contributed by atoms with Crippen molar-refractivity contribution in [2.24, 2.45) is 5.10 Å². The standard InChI is InChI=1S/C22H24F3N5O4/c1-13(16-8-9-18(26-10-16)22(23,24)25)27-20(32)30-11-17(29(2)21(33)34-3)19(28-30)15-6-4-14(12-31)5-7-15/h4-10,13,17,31H,11-12H2,1-3H3,(H,27,32)/t13-,17-/m1/s1. The molecule has 12 heteroatoms. The van der Waals surface area contributed by atoms with Crippen LogP contribution in [-0.4, -0.2) is 64.6 Å². The van der Waals surface area contributed by atoms with Crippen LogP contribution in [0.4, 0.5) is 22.8 Å². The third-order valence-electron chi connectivity index (χ3n) is 5.40. The first-order chi connectivity index (χ1) is 16.0. The molecule has 0 radical (unpaired) electrons. The Hall–Kier alpha value is -3.67. The first kappa shape index (κ1) is 25.0. The molecule has 0 spiro atoms. The number of aromatic nitrogens is 1. The van der Waals surface area contributed by atoms with E-state index in [1.165, 1.54) is 25.1 Å². The van der Waals surface area contributed by atoms with Gasteiger partial charge < -0.3 is 20.1 Å². The second kappa shape index (κ2) is 10.1. The summed E-state index contributed by atoms with van der Waals surface area (Å²) in [6, 6.07) is 7.09. The van der Waals surface area contributed by atoms with Gasteiger partial charge in [0, 0.05) is 13.2 Å². The molecule has 2 N–H and O–H groups in total. The number of carbonyl (C=O) groups is 2. The van der Waals surface area contributed by atoms with E-state index in [-0.39, 0.29) is 13.2 Å². The Labute approximate surface area is 193 Å². The zero-order chi connectivity index (χ0) is 25.0. The molecule has 1 aliphatic heterocycles. The molecule has 0 fully saturated rings. The quantitative estimate of drug-likeness (QED) is 0.685. The van der Waals surface area contributed by atoms with Gasteiger partial charge in [0.25, 0.3) is 0 Å². The molecule has 2 atom stereocenters. The molecule has 2 heterocycles. The van der Waals surface area contributed by atoms with Crippen LogP contribution in [0.25, 0.3) is 0 Å². The summed E-state index contributed by atoms with van der Waals surface area (Å²) in [6.07, 6.45) is -4.11. The molecule has 182 valence electrons. The van der Waals surface area contributed by atoms with Crippen molar-refractivity contribution in [2.45, 2.75) is 31.8 Å². The zero-order valence-electron chi connectivity index (χ0n) is 18.7. The number of nitrogens with zero attached hydrogens (tertiary/aromatic N) is 4. The molecular weight excluding hydrogens is 455 g/mol. The van der Waals surface area contributed by atoms with Crippen LogP contribution in [-0.2, 0) is 17.5 Å². The van der Waals surface area contributed by atoms with E-state index in [1.54, 1.807) is 31.2 Å². The lowest BCUT2D eigenvalue weighted by atomic mass is 10.0. The minimum Gasteiger partial charge on any atom is -0.453 e. The molecular formula is C22H24F3N5O4. The molecule has 1 aliphatic rings. The van der Waals surface area contributed by atoms with Gasteiger partial charge in [-0.25, -0.2) is 14.6 Å². The second-order valence-electron chi connectivity index (χ2n) is 7.66. The molecule has 0 saturated carbocycles. The lowest BCUT2D eigenvalue weighted by molar-refractivity contribution is -0.141. The number of ether oxygens (including phenoxy) is 1. The molecule has 0 saturated heterocycles. The van der Waals surface area contributed by atoms with Gasteiger partial charge in [0.15, 0.2) is 0 Å². The summed E-state index contributed by atoms with van der Waals surface area (Å²) in [6.45, 7) is 1.50. The van der Waals surface area contributed by atoms with Crippen molar-refractivity contribution in [1.82, 2.24) is 20.2 Å². The molecule has 1 aromatic carbocycles. The van der Waals surface area contributed by atoms with E-state index in [9.17, 15) is 27.9 Å². The number of urea groups is 1. The first-order valence-corrected chi connectivity index (χ1v) is 10.3. The molecule has 0 unspecified atom stereocenters. The van der Waals surface area contributed by atoms with E-state index in [0.717, 1.165) is 17.3 Å². The van der Waals surface area contributed by atoms with Gasteiger partial charge in [0.05, 0.1) is 38.1 Å². The summed E-state index contributed by atoms with van der Waals surface area (Å²) in [7, 11) is 2.76. The van der Waals surface area contributed by atoms with E-state index in [2.05, 4.69) is 15.4 Å². The number of benzene rings is 1. The van der Waals surface area contributed by atoms with Crippen LogP contribution >= 0.6 is 0 Å². The van der Waals surface area contributed by atoms with Gasteiger partial charge in [0.2, 0.25) is 0 Å². The Morgan fingerprint density at radius 1 is 1.26 bits per heavy atom. The lowest BCUT2D eigenvalue weighted by Crippen LogP contribution is -2.46. The van der Waals surface area contributed by atoms with Crippen molar-refractivity contribution < 1.29 is 32.6 Å². The summed E-state index contributed by atoms with van der Waals surface area (Å²) in [4.78, 5) is 29.7. The van der Waals surface area contributed by atoms with Crippen LogP contribution in [0.15, 0.2) is 47.7 Å². The largest absolute Gasteiger partial charge is 0.453 e. The zero-order valence-corrected chi connectivity index (χ0v) is 18.7. The topological polar surface area (TPSA) is 107 Å². The van der Waals surface area contributed by atoms with Gasteiger partial charge in [0.1, 0.15) is 5.69 Å². The number of hydrogen-bond donors (Lipinski definition) is 2. The molecule has 0 bridgehead atoms. The van der Waals surface area contributed by atoms with Crippen molar-refractivity contribution in [1.29, 1.82) is 0 Å². The van der Waals surface area contributed by atoms with Gasteiger partial charge in [-0.15, -0.1) is 0 Å². The molecule has 2 aromatic rings. The van der Waals surface area contributed by atoms with E-state index in [1.807, 2.05) is 0 Å². The second-order valence-corrected chi connectivity index (χ2v) is 7.66. The van der Waals surface area contributed by atoms with Crippen LogP contribution in [0.3, 0.4) is 0 Å². The Morgan fingerprint density at radius 2 is 1.94 bits per heavy atom. The van der Waals surface area contributed by atoms with Gasteiger partial charge in [-0.1, -0.05) is 30.3 Å². The van der Waals surface area contributed by atoms with Gasteiger partial charge in [-0.2, -0.15) is 18.3 Å². The predicted molar refractivity (Wildman–Crippen MR) is 116 cm³/mol. The highest BCUT2D eigenvalue weighted by molar-refractivity contribution is 6.07. The predicted octanol–water partition coefficient (Wildman–Crippen LogP) is 3.15. The number of pyridine rings is 1. The average Bonchev–Trinajstić information content (AvgIpc) is 3.28. The number of methoxy groups -OCH3 is 1. The van der Waals surface area contributed by atoms with Crippen molar-refractivity contribution in [2.75, 3.05) is 20.7 Å². The summed E-state index contributed by atoms with van der Waals surface area (Å²) < 4.78 is 43.0. The third kappa shape index (κ3) is 5.45.